The number of ether oxygens (including phenoxy) is 1. The lowest BCUT2D eigenvalue weighted by molar-refractivity contribution is -0.130. The van der Waals surface area contributed by atoms with Gasteiger partial charge in [0, 0.05) is 18.6 Å². The predicted octanol–water partition coefficient (Wildman–Crippen LogP) is 2.50. The van der Waals surface area contributed by atoms with Gasteiger partial charge in [-0.1, -0.05) is 19.1 Å². The number of carbonyl (C=O) groups excluding carboxylic acids is 1. The zero-order chi connectivity index (χ0) is 14.8. The summed E-state index contributed by atoms with van der Waals surface area (Å²) in [5.74, 6) is 1.16. The van der Waals surface area contributed by atoms with Crippen molar-refractivity contribution in [3.63, 3.8) is 0 Å². The molecule has 1 amide bonds. The van der Waals surface area contributed by atoms with Gasteiger partial charge in [-0.25, -0.2) is 0 Å². The van der Waals surface area contributed by atoms with Crippen molar-refractivity contribution in [2.45, 2.75) is 50.7 Å². The molecule has 1 aromatic carbocycles. The van der Waals surface area contributed by atoms with Gasteiger partial charge in [-0.05, 0) is 43.4 Å². The number of hydrogen-bond donors (Lipinski definition) is 1. The highest BCUT2D eigenvalue weighted by atomic mass is 16.5. The minimum absolute atomic E-state index is 0.0161. The molecule has 0 bridgehead atoms. The van der Waals surface area contributed by atoms with Crippen molar-refractivity contribution in [3.8, 4) is 5.75 Å². The average molecular weight is 288 g/mol. The second-order valence-electron chi connectivity index (χ2n) is 6.00. The molecule has 1 aromatic rings. The first-order chi connectivity index (χ1) is 10.2. The van der Waals surface area contributed by atoms with Crippen LogP contribution in [-0.2, 0) is 4.79 Å². The van der Waals surface area contributed by atoms with Crippen LogP contribution in [0.4, 0.5) is 0 Å². The first kappa shape index (κ1) is 14.4. The molecule has 0 unspecified atom stereocenters. The van der Waals surface area contributed by atoms with Gasteiger partial charge in [0.25, 0.3) is 0 Å². The number of carbonyl (C=O) groups is 1. The first-order valence-electron chi connectivity index (χ1n) is 7.93. The van der Waals surface area contributed by atoms with Crippen LogP contribution in [-0.4, -0.2) is 36.5 Å². The lowest BCUT2D eigenvalue weighted by atomic mass is 10.0. The minimum Gasteiger partial charge on any atom is -0.497 e. The van der Waals surface area contributed by atoms with Crippen LogP contribution in [0.5, 0.6) is 5.75 Å². The van der Waals surface area contributed by atoms with Gasteiger partial charge in [0.2, 0.25) is 5.91 Å². The van der Waals surface area contributed by atoms with E-state index in [4.69, 9.17) is 4.74 Å². The molecule has 1 saturated heterocycles. The van der Waals surface area contributed by atoms with Crippen LogP contribution < -0.4 is 10.1 Å². The molecule has 21 heavy (non-hydrogen) atoms. The van der Waals surface area contributed by atoms with E-state index in [2.05, 4.69) is 29.3 Å². The molecule has 1 heterocycles. The third-order valence-electron chi connectivity index (χ3n) is 4.56. The van der Waals surface area contributed by atoms with E-state index in [1.807, 2.05) is 12.1 Å². The average Bonchev–Trinajstić information content (AvgIpc) is 3.30. The molecule has 3 rings (SSSR count). The molecule has 114 valence electrons. The van der Waals surface area contributed by atoms with Crippen LogP contribution in [0.3, 0.4) is 0 Å². The lowest BCUT2D eigenvalue weighted by Crippen LogP contribution is -2.40. The standard InChI is InChI=1S/C17H24N2O2/c1-3-15(12-4-8-14(21-2)9-5-12)18-16-10-11-19(17(16)20)13-6-7-13/h4-5,8-9,13,15-16,18H,3,6-7,10-11H2,1-2H3/t15-,16+/m1/s1. The number of methoxy groups -OCH3 is 1. The number of benzene rings is 1. The van der Waals surface area contributed by atoms with Gasteiger partial charge < -0.3 is 9.64 Å². The van der Waals surface area contributed by atoms with Crippen LogP contribution in [0.2, 0.25) is 0 Å². The summed E-state index contributed by atoms with van der Waals surface area (Å²) < 4.78 is 5.20. The molecular formula is C17H24N2O2. The number of rotatable bonds is 6. The highest BCUT2D eigenvalue weighted by molar-refractivity contribution is 5.84. The molecule has 2 aliphatic rings. The maximum Gasteiger partial charge on any atom is 0.240 e. The van der Waals surface area contributed by atoms with Crippen molar-refractivity contribution in [2.24, 2.45) is 0 Å². The summed E-state index contributed by atoms with van der Waals surface area (Å²) in [7, 11) is 1.67. The molecule has 0 spiro atoms. The van der Waals surface area contributed by atoms with E-state index in [0.717, 1.165) is 25.1 Å². The molecule has 4 heteroatoms. The Balaban J connectivity index is 1.65. The Morgan fingerprint density at radius 2 is 2.00 bits per heavy atom. The molecule has 0 radical (unpaired) electrons. The summed E-state index contributed by atoms with van der Waals surface area (Å²) in [6.45, 7) is 3.07. The zero-order valence-electron chi connectivity index (χ0n) is 12.8. The molecule has 1 aliphatic heterocycles. The van der Waals surface area contributed by atoms with Crippen LogP contribution in [0.15, 0.2) is 24.3 Å². The van der Waals surface area contributed by atoms with Crippen molar-refractivity contribution in [3.05, 3.63) is 29.8 Å². The van der Waals surface area contributed by atoms with Crippen molar-refractivity contribution < 1.29 is 9.53 Å². The van der Waals surface area contributed by atoms with Crippen molar-refractivity contribution in [1.29, 1.82) is 0 Å². The largest absolute Gasteiger partial charge is 0.497 e. The van der Waals surface area contributed by atoms with Gasteiger partial charge in [-0.3, -0.25) is 10.1 Å². The van der Waals surface area contributed by atoms with Crippen LogP contribution in [0.1, 0.15) is 44.2 Å². The van der Waals surface area contributed by atoms with E-state index in [9.17, 15) is 4.79 Å². The number of likely N-dealkylation sites (tertiary alicyclic amines) is 1. The fraction of sp³-hybridized carbons (Fsp3) is 0.588. The number of nitrogens with zero attached hydrogens (tertiary/aromatic N) is 1. The summed E-state index contributed by atoms with van der Waals surface area (Å²) in [4.78, 5) is 14.5. The third-order valence-corrected chi connectivity index (χ3v) is 4.56. The molecule has 1 aliphatic carbocycles. The van der Waals surface area contributed by atoms with E-state index in [1.54, 1.807) is 7.11 Å². The number of nitrogens with one attached hydrogen (secondary N) is 1. The second-order valence-corrected chi connectivity index (χ2v) is 6.00. The summed E-state index contributed by atoms with van der Waals surface area (Å²) in [6.07, 6.45) is 4.28. The molecule has 4 nitrogen and oxygen atoms in total. The van der Waals surface area contributed by atoms with Crippen LogP contribution in [0, 0.1) is 0 Å². The quantitative estimate of drug-likeness (QED) is 0.874. The highest BCUT2D eigenvalue weighted by Gasteiger charge is 2.40. The third kappa shape index (κ3) is 3.05. The van der Waals surface area contributed by atoms with Crippen molar-refractivity contribution in [1.82, 2.24) is 10.2 Å². The van der Waals surface area contributed by atoms with Gasteiger partial charge in [-0.15, -0.1) is 0 Å². The molecule has 1 saturated carbocycles. The Labute approximate surface area is 126 Å². The lowest BCUT2D eigenvalue weighted by Gasteiger charge is -2.22. The van der Waals surface area contributed by atoms with Crippen molar-refractivity contribution in [2.75, 3.05) is 13.7 Å². The Hall–Kier alpha value is -1.55. The van der Waals surface area contributed by atoms with E-state index in [1.165, 1.54) is 18.4 Å². The van der Waals surface area contributed by atoms with E-state index >= 15 is 0 Å². The SMILES string of the molecule is CC[C@@H](N[C@H]1CCN(C2CC2)C1=O)c1ccc(OC)cc1. The molecule has 2 atom stereocenters. The van der Waals surface area contributed by atoms with E-state index in [-0.39, 0.29) is 12.1 Å². The topological polar surface area (TPSA) is 41.6 Å². The van der Waals surface area contributed by atoms with E-state index < -0.39 is 0 Å². The molecule has 2 fully saturated rings. The maximum absolute atomic E-state index is 12.4. The predicted molar refractivity (Wildman–Crippen MR) is 82.3 cm³/mol. The normalized spacial score (nSPS) is 23.4. The maximum atomic E-state index is 12.4. The monoisotopic (exact) mass is 288 g/mol. The van der Waals surface area contributed by atoms with Gasteiger partial charge >= 0.3 is 0 Å². The van der Waals surface area contributed by atoms with Crippen molar-refractivity contribution >= 4 is 5.91 Å². The minimum atomic E-state index is -0.0161. The summed E-state index contributed by atoms with van der Waals surface area (Å²) in [5.41, 5.74) is 1.22. The Kier molecular flexibility index (Phi) is 4.15. The molecule has 1 N–H and O–H groups in total. The fourth-order valence-electron chi connectivity index (χ4n) is 3.13. The number of amides is 1. The summed E-state index contributed by atoms with van der Waals surface area (Å²) >= 11 is 0. The molecule has 0 aromatic heterocycles. The van der Waals surface area contributed by atoms with Gasteiger partial charge in [0.05, 0.1) is 13.2 Å². The van der Waals surface area contributed by atoms with Gasteiger partial charge in [-0.2, -0.15) is 0 Å². The second kappa shape index (κ2) is 6.06. The first-order valence-corrected chi connectivity index (χ1v) is 7.93. The van der Waals surface area contributed by atoms with Gasteiger partial charge in [0.1, 0.15) is 5.75 Å². The Morgan fingerprint density at radius 3 is 2.57 bits per heavy atom. The molecular weight excluding hydrogens is 264 g/mol. The summed E-state index contributed by atoms with van der Waals surface area (Å²) in [5, 5.41) is 3.55. The summed E-state index contributed by atoms with van der Waals surface area (Å²) in [6, 6.07) is 8.86. The van der Waals surface area contributed by atoms with Gasteiger partial charge in [0.15, 0.2) is 0 Å². The smallest absolute Gasteiger partial charge is 0.240 e. The fourth-order valence-corrected chi connectivity index (χ4v) is 3.13. The Morgan fingerprint density at radius 1 is 1.29 bits per heavy atom. The van der Waals surface area contributed by atoms with Crippen LogP contribution in [0.25, 0.3) is 0 Å². The Bertz CT molecular complexity index is 496. The highest BCUT2D eigenvalue weighted by Crippen LogP contribution is 2.31. The van der Waals surface area contributed by atoms with E-state index in [0.29, 0.717) is 11.9 Å². The number of hydrogen-bond acceptors (Lipinski definition) is 3. The van der Waals surface area contributed by atoms with Crippen LogP contribution >= 0.6 is 0 Å². The zero-order valence-corrected chi connectivity index (χ0v) is 12.8.